The number of carboxylic acids is 1. The van der Waals surface area contributed by atoms with Crippen LogP contribution < -0.4 is 0 Å². The molecule has 1 saturated carbocycles. The average Bonchev–Trinajstić information content (AvgIpc) is 3.21. The molecule has 2 nitrogen and oxygen atoms in total. The molecule has 2 atom stereocenters. The maximum atomic E-state index is 11.0. The van der Waals surface area contributed by atoms with Gasteiger partial charge in [0.2, 0.25) is 0 Å². The second-order valence-corrected chi connectivity index (χ2v) is 7.95. The van der Waals surface area contributed by atoms with Crippen molar-refractivity contribution in [3.05, 3.63) is 56.3 Å². The molecule has 2 bridgehead atoms. The quantitative estimate of drug-likeness (QED) is 0.788. The van der Waals surface area contributed by atoms with Crippen LogP contribution in [0.2, 0.25) is 0 Å². The summed E-state index contributed by atoms with van der Waals surface area (Å²) < 4.78 is 0. The smallest absolute Gasteiger partial charge is 0.345 e. The number of hydrogen-bond acceptors (Lipinski definition) is 2. The Bertz CT molecular complexity index is 828. The molecular formula is C20H20O2S. The summed E-state index contributed by atoms with van der Waals surface area (Å²) in [4.78, 5) is 12.4. The van der Waals surface area contributed by atoms with Gasteiger partial charge in [0.05, 0.1) is 0 Å². The first-order valence-electron chi connectivity index (χ1n) is 8.19. The van der Waals surface area contributed by atoms with Gasteiger partial charge in [0.15, 0.2) is 0 Å². The molecule has 2 aliphatic carbocycles. The van der Waals surface area contributed by atoms with Gasteiger partial charge in [0.1, 0.15) is 4.88 Å². The Balaban J connectivity index is 1.71. The summed E-state index contributed by atoms with van der Waals surface area (Å²) in [6.45, 7) is 4.32. The monoisotopic (exact) mass is 324 g/mol. The number of allylic oxidation sites excluding steroid dienone is 1. The van der Waals surface area contributed by atoms with Gasteiger partial charge in [-0.05, 0) is 91.0 Å². The lowest BCUT2D eigenvalue weighted by Crippen LogP contribution is -2.00. The Kier molecular flexibility index (Phi) is 3.42. The van der Waals surface area contributed by atoms with Gasteiger partial charge in [0, 0.05) is 4.88 Å². The van der Waals surface area contributed by atoms with E-state index >= 15 is 0 Å². The van der Waals surface area contributed by atoms with Crippen LogP contribution in [-0.4, -0.2) is 11.1 Å². The van der Waals surface area contributed by atoms with E-state index in [2.05, 4.69) is 32.1 Å². The summed E-state index contributed by atoms with van der Waals surface area (Å²) in [6.07, 6.45) is 6.15. The SMILES string of the molecule is C/C(=C/c1ccc(C(=O)O)s1)c1cc2c(cc1C)C1CCC2C1. The van der Waals surface area contributed by atoms with Crippen molar-refractivity contribution in [1.82, 2.24) is 0 Å². The molecule has 2 aromatic rings. The summed E-state index contributed by atoms with van der Waals surface area (Å²) >= 11 is 1.33. The number of rotatable bonds is 3. The highest BCUT2D eigenvalue weighted by atomic mass is 32.1. The van der Waals surface area contributed by atoms with E-state index in [1.165, 1.54) is 47.3 Å². The highest BCUT2D eigenvalue weighted by molar-refractivity contribution is 7.14. The van der Waals surface area contributed by atoms with E-state index in [0.29, 0.717) is 4.88 Å². The van der Waals surface area contributed by atoms with Crippen molar-refractivity contribution in [2.24, 2.45) is 0 Å². The van der Waals surface area contributed by atoms with Crippen LogP contribution in [0.1, 0.15) is 74.8 Å². The average molecular weight is 324 g/mol. The van der Waals surface area contributed by atoms with Gasteiger partial charge in [0.25, 0.3) is 0 Å². The zero-order valence-electron chi connectivity index (χ0n) is 13.4. The van der Waals surface area contributed by atoms with E-state index < -0.39 is 5.97 Å². The van der Waals surface area contributed by atoms with Crippen LogP contribution in [0.5, 0.6) is 0 Å². The van der Waals surface area contributed by atoms with Gasteiger partial charge in [-0.2, -0.15) is 0 Å². The summed E-state index contributed by atoms with van der Waals surface area (Å²) in [5.41, 5.74) is 7.00. The molecule has 1 aromatic carbocycles. The lowest BCUT2D eigenvalue weighted by Gasteiger charge is -2.18. The molecule has 0 amide bonds. The van der Waals surface area contributed by atoms with Crippen LogP contribution in [0.3, 0.4) is 0 Å². The fourth-order valence-corrected chi connectivity index (χ4v) is 5.11. The van der Waals surface area contributed by atoms with E-state index in [1.807, 2.05) is 6.07 Å². The van der Waals surface area contributed by atoms with Gasteiger partial charge >= 0.3 is 5.97 Å². The van der Waals surface area contributed by atoms with Crippen molar-refractivity contribution in [3.63, 3.8) is 0 Å². The molecule has 0 aliphatic heterocycles. The lowest BCUT2D eigenvalue weighted by molar-refractivity contribution is 0.0702. The van der Waals surface area contributed by atoms with Crippen LogP contribution in [0.25, 0.3) is 11.6 Å². The van der Waals surface area contributed by atoms with Crippen LogP contribution in [-0.2, 0) is 0 Å². The number of aryl methyl sites for hydroxylation is 1. The Labute approximate surface area is 140 Å². The Morgan fingerprint density at radius 3 is 2.57 bits per heavy atom. The zero-order chi connectivity index (χ0) is 16.1. The number of benzene rings is 1. The normalized spacial score (nSPS) is 22.4. The van der Waals surface area contributed by atoms with E-state index in [1.54, 1.807) is 17.2 Å². The van der Waals surface area contributed by atoms with Gasteiger partial charge in [-0.1, -0.05) is 12.1 Å². The van der Waals surface area contributed by atoms with Crippen molar-refractivity contribution in [3.8, 4) is 0 Å². The minimum Gasteiger partial charge on any atom is -0.477 e. The van der Waals surface area contributed by atoms with Crippen molar-refractivity contribution in [2.75, 3.05) is 0 Å². The van der Waals surface area contributed by atoms with Crippen LogP contribution in [0, 0.1) is 6.92 Å². The molecule has 2 unspecified atom stereocenters. The number of carboxylic acid groups (broad SMARTS) is 1. The number of carbonyl (C=O) groups is 1. The molecule has 23 heavy (non-hydrogen) atoms. The minimum atomic E-state index is -0.850. The van der Waals surface area contributed by atoms with Crippen molar-refractivity contribution in [2.45, 2.75) is 44.9 Å². The third-order valence-corrected chi connectivity index (χ3v) is 6.38. The van der Waals surface area contributed by atoms with E-state index in [4.69, 9.17) is 5.11 Å². The second kappa shape index (κ2) is 5.34. The molecule has 1 N–H and O–H groups in total. The maximum absolute atomic E-state index is 11.0. The highest BCUT2D eigenvalue weighted by Crippen LogP contribution is 2.53. The predicted octanol–water partition coefficient (Wildman–Crippen LogP) is 5.68. The number of hydrogen-bond donors (Lipinski definition) is 1. The first-order valence-corrected chi connectivity index (χ1v) is 9.01. The van der Waals surface area contributed by atoms with E-state index in [9.17, 15) is 4.79 Å². The summed E-state index contributed by atoms with van der Waals surface area (Å²) in [6, 6.07) is 8.36. The Morgan fingerprint density at radius 1 is 1.22 bits per heavy atom. The molecule has 0 spiro atoms. The third-order valence-electron chi connectivity index (χ3n) is 5.36. The molecule has 1 fully saturated rings. The first-order chi connectivity index (χ1) is 11.0. The Hall–Kier alpha value is -1.87. The fourth-order valence-electron chi connectivity index (χ4n) is 4.26. The minimum absolute atomic E-state index is 0.395. The highest BCUT2D eigenvalue weighted by Gasteiger charge is 2.37. The number of thiophene rings is 1. The predicted molar refractivity (Wildman–Crippen MR) is 95.3 cm³/mol. The van der Waals surface area contributed by atoms with Crippen molar-refractivity contribution >= 4 is 29.0 Å². The van der Waals surface area contributed by atoms with Crippen molar-refractivity contribution in [1.29, 1.82) is 0 Å². The van der Waals surface area contributed by atoms with Gasteiger partial charge in [-0.15, -0.1) is 11.3 Å². The zero-order valence-corrected chi connectivity index (χ0v) is 14.2. The van der Waals surface area contributed by atoms with Crippen LogP contribution >= 0.6 is 11.3 Å². The van der Waals surface area contributed by atoms with E-state index in [-0.39, 0.29) is 0 Å². The van der Waals surface area contributed by atoms with Crippen LogP contribution in [0.4, 0.5) is 0 Å². The molecule has 0 saturated heterocycles. The summed E-state index contributed by atoms with van der Waals surface area (Å²) in [5.74, 6) is 0.710. The first kappa shape index (κ1) is 14.7. The summed E-state index contributed by atoms with van der Waals surface area (Å²) in [5, 5.41) is 9.05. The third kappa shape index (κ3) is 2.43. The van der Waals surface area contributed by atoms with Gasteiger partial charge in [-0.3, -0.25) is 0 Å². The number of aromatic carboxylic acids is 1. The largest absolute Gasteiger partial charge is 0.477 e. The molecule has 0 radical (unpaired) electrons. The van der Waals surface area contributed by atoms with Crippen molar-refractivity contribution < 1.29 is 9.90 Å². The second-order valence-electron chi connectivity index (χ2n) is 6.84. The molecule has 2 aliphatic rings. The lowest BCUT2D eigenvalue weighted by atomic mass is 9.87. The number of fused-ring (bicyclic) bond motifs is 5. The molecule has 1 heterocycles. The van der Waals surface area contributed by atoms with Crippen LogP contribution in [0.15, 0.2) is 24.3 Å². The molecule has 118 valence electrons. The van der Waals surface area contributed by atoms with Gasteiger partial charge < -0.3 is 5.11 Å². The topological polar surface area (TPSA) is 37.3 Å². The maximum Gasteiger partial charge on any atom is 0.345 e. The molecule has 4 rings (SSSR count). The molecular weight excluding hydrogens is 304 g/mol. The Morgan fingerprint density at radius 2 is 1.91 bits per heavy atom. The standard InChI is InChI=1S/C20H20O2S/c1-11(7-15-5-6-19(23-15)20(21)22)16-10-18-14-4-3-13(9-14)17(18)8-12(16)2/h5-8,10,13-14H,3-4,9H2,1-2H3,(H,21,22)/b11-7-. The fraction of sp³-hybridized carbons (Fsp3) is 0.350. The molecule has 1 aromatic heterocycles. The summed E-state index contributed by atoms with van der Waals surface area (Å²) in [7, 11) is 0. The van der Waals surface area contributed by atoms with Gasteiger partial charge in [-0.25, -0.2) is 4.79 Å². The van der Waals surface area contributed by atoms with E-state index in [0.717, 1.165) is 16.7 Å². The molecule has 3 heteroatoms.